The number of aryl methyl sites for hydroxylation is 1. The van der Waals surface area contributed by atoms with Crippen LogP contribution in [-0.2, 0) is 28.4 Å². The van der Waals surface area contributed by atoms with Crippen molar-refractivity contribution >= 4 is 47.0 Å². The molecule has 59 heavy (non-hydrogen) atoms. The summed E-state index contributed by atoms with van der Waals surface area (Å²) in [6, 6.07) is 8.94. The summed E-state index contributed by atoms with van der Waals surface area (Å²) in [6.45, 7) is 17.8. The number of rotatable bonds is 36. The highest BCUT2D eigenvalue weighted by atomic mass is 32.2. The smallest absolute Gasteiger partial charge is 0.123 e. The van der Waals surface area contributed by atoms with E-state index in [0.717, 1.165) is 45.3 Å². The van der Waals surface area contributed by atoms with Crippen molar-refractivity contribution in [2.75, 3.05) is 23.0 Å². The lowest BCUT2D eigenvalue weighted by atomic mass is 9.84. The molecule has 2 aromatic rings. The number of aromatic hydroxyl groups is 2. The van der Waals surface area contributed by atoms with Crippen molar-refractivity contribution in [3.05, 3.63) is 57.6 Å². The summed E-state index contributed by atoms with van der Waals surface area (Å²) in [5.41, 5.74) is 7.15. The fourth-order valence-corrected chi connectivity index (χ4v) is 11.2. The molecule has 0 saturated carbocycles. The monoisotopic (exact) mass is 891 g/mol. The molecule has 0 heterocycles. The molecule has 2 nitrogen and oxygen atoms in total. The largest absolute Gasteiger partial charge is 0.507 e. The molecule has 342 valence electrons. The van der Waals surface area contributed by atoms with Crippen LogP contribution in [0.1, 0.15) is 236 Å². The lowest BCUT2D eigenvalue weighted by Gasteiger charge is -2.23. The van der Waals surface area contributed by atoms with Gasteiger partial charge in [0.15, 0.2) is 0 Å². The molecule has 0 aliphatic rings. The first-order valence-electron chi connectivity index (χ1n) is 24.6. The van der Waals surface area contributed by atoms with Crippen LogP contribution in [0.5, 0.6) is 11.5 Å². The standard InChI is InChI=1S/C28H50OS2.C25H44OS2/c1-6-8-10-12-14-16-18-30-22-24-20-25(27(29)26(21-24)28(3,4)5)23-31-19-17-15-13-11-9-7-2;1-4-6-8-10-12-14-16-27-20-23-18-22(3)25(26)24(19-23)21-28-17-15-13-11-9-7-5-2/h20-21,29H,6-19,22-23H2,1-5H3;18-19,26H,4-17,20-21H2,1-3H3. The van der Waals surface area contributed by atoms with Gasteiger partial charge in [-0.15, -0.1) is 0 Å². The van der Waals surface area contributed by atoms with Gasteiger partial charge in [-0.1, -0.05) is 201 Å². The predicted molar refractivity (Wildman–Crippen MR) is 278 cm³/mol. The van der Waals surface area contributed by atoms with Crippen molar-refractivity contribution in [3.8, 4) is 11.5 Å². The number of phenolic OH excluding ortho intramolecular Hbond substituents is 2. The summed E-state index contributed by atoms with van der Waals surface area (Å²) in [7, 11) is 0. The van der Waals surface area contributed by atoms with Gasteiger partial charge in [0, 0.05) is 34.1 Å². The zero-order valence-electron chi connectivity index (χ0n) is 40.0. The van der Waals surface area contributed by atoms with Gasteiger partial charge in [0.1, 0.15) is 11.5 Å². The van der Waals surface area contributed by atoms with Gasteiger partial charge in [-0.25, -0.2) is 0 Å². The van der Waals surface area contributed by atoms with Crippen LogP contribution in [0.15, 0.2) is 24.3 Å². The van der Waals surface area contributed by atoms with Gasteiger partial charge in [0.25, 0.3) is 0 Å². The predicted octanol–water partition coefficient (Wildman–Crippen LogP) is 18.8. The second-order valence-electron chi connectivity index (χ2n) is 18.1. The Bertz CT molecular complexity index is 1270. The Morgan fingerprint density at radius 3 is 1.05 bits per heavy atom. The minimum atomic E-state index is -0.0251. The fourth-order valence-electron chi connectivity index (χ4n) is 7.33. The van der Waals surface area contributed by atoms with Crippen LogP contribution in [0.25, 0.3) is 0 Å². The second kappa shape index (κ2) is 37.9. The summed E-state index contributed by atoms with van der Waals surface area (Å²) >= 11 is 8.07. The van der Waals surface area contributed by atoms with Gasteiger partial charge in [0.05, 0.1) is 0 Å². The molecular formula is C53H94O2S4. The highest BCUT2D eigenvalue weighted by Crippen LogP contribution is 2.37. The molecular weight excluding hydrogens is 797 g/mol. The molecule has 0 spiro atoms. The molecule has 2 N–H and O–H groups in total. The first-order valence-corrected chi connectivity index (χ1v) is 29.2. The van der Waals surface area contributed by atoms with Crippen LogP contribution >= 0.6 is 47.0 Å². The first-order chi connectivity index (χ1) is 28.6. The van der Waals surface area contributed by atoms with E-state index < -0.39 is 0 Å². The van der Waals surface area contributed by atoms with E-state index in [1.165, 1.54) is 188 Å². The quantitative estimate of drug-likeness (QED) is 0.0665. The zero-order valence-corrected chi connectivity index (χ0v) is 43.2. The lowest BCUT2D eigenvalue weighted by Crippen LogP contribution is -2.13. The third kappa shape index (κ3) is 29.4. The third-order valence-electron chi connectivity index (χ3n) is 11.1. The summed E-state index contributed by atoms with van der Waals surface area (Å²) in [4.78, 5) is 0. The molecule has 0 aliphatic heterocycles. The summed E-state index contributed by atoms with van der Waals surface area (Å²) in [5, 5.41) is 21.4. The van der Waals surface area contributed by atoms with Crippen molar-refractivity contribution in [3.63, 3.8) is 0 Å². The van der Waals surface area contributed by atoms with Gasteiger partial charge in [-0.2, -0.15) is 47.0 Å². The minimum absolute atomic E-state index is 0.0251. The second-order valence-corrected chi connectivity index (χ2v) is 22.5. The van der Waals surface area contributed by atoms with Crippen LogP contribution in [0.3, 0.4) is 0 Å². The Morgan fingerprint density at radius 1 is 0.390 bits per heavy atom. The molecule has 2 aromatic carbocycles. The van der Waals surface area contributed by atoms with Gasteiger partial charge in [-0.05, 0) is 83.3 Å². The summed E-state index contributed by atoms with van der Waals surface area (Å²) < 4.78 is 0. The number of benzene rings is 2. The van der Waals surface area contributed by atoms with Crippen LogP contribution in [0.4, 0.5) is 0 Å². The molecule has 0 amide bonds. The lowest BCUT2D eigenvalue weighted by molar-refractivity contribution is 0.442. The van der Waals surface area contributed by atoms with Gasteiger partial charge in [0.2, 0.25) is 0 Å². The van der Waals surface area contributed by atoms with Crippen molar-refractivity contribution in [2.45, 2.75) is 238 Å². The van der Waals surface area contributed by atoms with Crippen molar-refractivity contribution < 1.29 is 10.2 Å². The summed E-state index contributed by atoms with van der Waals surface area (Å²) in [6.07, 6.45) is 32.7. The van der Waals surface area contributed by atoms with Crippen LogP contribution < -0.4 is 0 Å². The maximum absolute atomic E-state index is 10.9. The van der Waals surface area contributed by atoms with E-state index in [1.807, 2.05) is 42.2 Å². The Hall–Kier alpha value is -0.560. The average Bonchev–Trinajstić information content (AvgIpc) is 3.21. The molecule has 0 aliphatic carbocycles. The molecule has 2 rings (SSSR count). The van der Waals surface area contributed by atoms with Gasteiger partial charge in [-0.3, -0.25) is 0 Å². The Kier molecular flexibility index (Phi) is 36.3. The number of hydrogen-bond acceptors (Lipinski definition) is 6. The Balaban J connectivity index is 0.000000593. The number of thioether (sulfide) groups is 4. The van der Waals surface area contributed by atoms with E-state index in [4.69, 9.17) is 0 Å². The first kappa shape index (κ1) is 56.5. The molecule has 0 aromatic heterocycles. The summed E-state index contributed by atoms with van der Waals surface area (Å²) in [5.74, 6) is 9.98. The van der Waals surface area contributed by atoms with Crippen molar-refractivity contribution in [1.29, 1.82) is 0 Å². The molecule has 0 unspecified atom stereocenters. The fraction of sp³-hybridized carbons (Fsp3) is 0.774. The van der Waals surface area contributed by atoms with Crippen molar-refractivity contribution in [1.82, 2.24) is 0 Å². The molecule has 0 radical (unpaired) electrons. The Labute approximate surface area is 385 Å². The van der Waals surface area contributed by atoms with E-state index in [9.17, 15) is 10.2 Å². The third-order valence-corrected chi connectivity index (χ3v) is 15.5. The van der Waals surface area contributed by atoms with E-state index >= 15 is 0 Å². The maximum Gasteiger partial charge on any atom is 0.123 e. The minimum Gasteiger partial charge on any atom is -0.507 e. The number of unbranched alkanes of at least 4 members (excludes halogenated alkanes) is 20. The highest BCUT2D eigenvalue weighted by Gasteiger charge is 2.21. The van der Waals surface area contributed by atoms with Crippen LogP contribution in [0.2, 0.25) is 0 Å². The zero-order chi connectivity index (χ0) is 43.4. The molecule has 0 saturated heterocycles. The van der Waals surface area contributed by atoms with Crippen molar-refractivity contribution in [2.24, 2.45) is 0 Å². The average molecular weight is 892 g/mol. The van der Waals surface area contributed by atoms with Gasteiger partial charge < -0.3 is 10.2 Å². The van der Waals surface area contributed by atoms with Crippen LogP contribution in [0, 0.1) is 6.92 Å². The van der Waals surface area contributed by atoms with E-state index in [0.29, 0.717) is 11.5 Å². The topological polar surface area (TPSA) is 40.5 Å². The van der Waals surface area contributed by atoms with Crippen LogP contribution in [-0.4, -0.2) is 33.2 Å². The molecule has 0 fully saturated rings. The molecule has 0 atom stereocenters. The maximum atomic E-state index is 10.9. The van der Waals surface area contributed by atoms with E-state index in [2.05, 4.69) is 84.5 Å². The number of hydrogen-bond donors (Lipinski definition) is 2. The highest BCUT2D eigenvalue weighted by molar-refractivity contribution is 7.99. The van der Waals surface area contributed by atoms with E-state index in [1.54, 1.807) is 0 Å². The Morgan fingerprint density at radius 2 is 0.695 bits per heavy atom. The normalized spacial score (nSPS) is 11.6. The SMILES string of the molecule is CCCCCCCCSCc1cc(C)c(O)c(CSCCCCCCCC)c1.CCCCCCCCSCc1cc(CSCCCCCCCC)c(O)c(C(C)(C)C)c1. The number of phenols is 2. The molecule has 6 heteroatoms. The molecule has 0 bridgehead atoms. The van der Waals surface area contributed by atoms with E-state index in [-0.39, 0.29) is 5.41 Å². The van der Waals surface area contributed by atoms with Gasteiger partial charge >= 0.3 is 0 Å².